The molecule has 0 radical (unpaired) electrons. The highest BCUT2D eigenvalue weighted by Gasteiger charge is 2.06. The number of nitrogen functional groups attached to an aromatic ring is 2. The molecule has 0 heterocycles. The minimum atomic E-state index is 0.773. The van der Waals surface area contributed by atoms with Gasteiger partial charge in [0.2, 0.25) is 0 Å². The average molecular weight is 941 g/mol. The maximum absolute atomic E-state index is 5.92. The van der Waals surface area contributed by atoms with Crippen LogP contribution < -0.4 is 11.5 Å². The van der Waals surface area contributed by atoms with E-state index in [0.29, 0.717) is 0 Å². The van der Waals surface area contributed by atoms with Crippen molar-refractivity contribution in [2.24, 2.45) is 30.7 Å². The minimum absolute atomic E-state index is 0.773. The molecule has 0 aliphatic carbocycles. The first-order chi connectivity index (χ1) is 34.7. The first kappa shape index (κ1) is 49.5. The summed E-state index contributed by atoms with van der Waals surface area (Å²) in [5.41, 5.74) is 36.2. The van der Waals surface area contributed by atoms with Crippen LogP contribution in [0.3, 0.4) is 0 Å². The molecule has 8 aromatic rings. The SMILES string of the molecule is Cc1cc(N)ccc1C=Cc1ccc(N=Nc2ccc(C=Cc3ccc(N=Nc4ccc(C=Cc5ccc(N=Nc6ccc(C=Cc7ccc(N)cc7C)c(C)c6)cc5C)c(C)c4)cc3C)c(C)c2)cc1C. The van der Waals surface area contributed by atoms with Crippen molar-refractivity contribution in [2.45, 2.75) is 55.4 Å². The maximum atomic E-state index is 5.92. The van der Waals surface area contributed by atoms with E-state index >= 15 is 0 Å². The standard InChI is InChI=1S/C64H60N8/c1-41-33-57(65)25-17-49(41)9-11-51-19-27-59(35-43(51)3)67-69-61-29-21-53(45(5)37-61)13-15-55-23-31-63(39-47(55)7)71-72-64-32-24-56(48(8)40-64)16-14-54-22-30-62(38-46(54)6)70-68-60-28-20-52(44(4)36-60)12-10-50-18-26-58(66)34-42(50)2/h9-40H,65-66H2,1-8H3. The van der Waals surface area contributed by atoms with Gasteiger partial charge < -0.3 is 11.5 Å². The predicted molar refractivity (Wildman–Crippen MR) is 306 cm³/mol. The largest absolute Gasteiger partial charge is 0.399 e. The molecular formula is C64H60N8. The fourth-order valence-electron chi connectivity index (χ4n) is 8.29. The molecule has 0 aromatic heterocycles. The van der Waals surface area contributed by atoms with Crippen LogP contribution in [-0.4, -0.2) is 0 Å². The van der Waals surface area contributed by atoms with Crippen molar-refractivity contribution in [2.75, 3.05) is 11.5 Å². The molecule has 0 fully saturated rings. The summed E-state index contributed by atoms with van der Waals surface area (Å²) in [4.78, 5) is 0. The Balaban J connectivity index is 0.833. The Morgan fingerprint density at radius 1 is 0.222 bits per heavy atom. The number of aryl methyl sites for hydroxylation is 8. The number of benzene rings is 8. The molecule has 0 unspecified atom stereocenters. The minimum Gasteiger partial charge on any atom is -0.399 e. The van der Waals surface area contributed by atoms with Gasteiger partial charge in [-0.3, -0.25) is 0 Å². The maximum Gasteiger partial charge on any atom is 0.0860 e. The summed E-state index contributed by atoms with van der Waals surface area (Å²) >= 11 is 0. The monoisotopic (exact) mass is 940 g/mol. The molecule has 0 amide bonds. The van der Waals surface area contributed by atoms with Crippen molar-refractivity contribution in [3.63, 3.8) is 0 Å². The van der Waals surface area contributed by atoms with E-state index in [9.17, 15) is 0 Å². The van der Waals surface area contributed by atoms with Gasteiger partial charge in [0, 0.05) is 11.4 Å². The Kier molecular flexibility index (Phi) is 15.6. The highest BCUT2D eigenvalue weighted by molar-refractivity contribution is 5.77. The zero-order valence-corrected chi connectivity index (χ0v) is 42.3. The van der Waals surface area contributed by atoms with Gasteiger partial charge in [-0.15, -0.1) is 0 Å². The van der Waals surface area contributed by atoms with Crippen LogP contribution in [0, 0.1) is 55.4 Å². The van der Waals surface area contributed by atoms with Crippen LogP contribution in [0.4, 0.5) is 45.5 Å². The molecule has 356 valence electrons. The van der Waals surface area contributed by atoms with E-state index in [1.54, 1.807) is 0 Å². The summed E-state index contributed by atoms with van der Waals surface area (Å²) in [7, 11) is 0. The van der Waals surface area contributed by atoms with Crippen molar-refractivity contribution in [1.29, 1.82) is 0 Å². The van der Waals surface area contributed by atoms with Gasteiger partial charge >= 0.3 is 0 Å². The summed E-state index contributed by atoms with van der Waals surface area (Å²) in [5, 5.41) is 27.3. The third-order valence-electron chi connectivity index (χ3n) is 12.7. The van der Waals surface area contributed by atoms with Gasteiger partial charge in [-0.05, 0) is 241 Å². The van der Waals surface area contributed by atoms with Crippen LogP contribution >= 0.6 is 0 Å². The number of hydrogen-bond donors (Lipinski definition) is 2. The lowest BCUT2D eigenvalue weighted by Crippen LogP contribution is -1.87. The number of azo groups is 3. The lowest BCUT2D eigenvalue weighted by Gasteiger charge is -2.05. The summed E-state index contributed by atoms with van der Waals surface area (Å²) in [5.74, 6) is 0. The molecular weight excluding hydrogens is 881 g/mol. The first-order valence-corrected chi connectivity index (χ1v) is 24.1. The van der Waals surface area contributed by atoms with E-state index in [4.69, 9.17) is 11.5 Å². The van der Waals surface area contributed by atoms with E-state index in [2.05, 4.69) is 207 Å². The molecule has 0 saturated heterocycles. The van der Waals surface area contributed by atoms with Crippen molar-refractivity contribution in [1.82, 2.24) is 0 Å². The predicted octanol–water partition coefficient (Wildman–Crippen LogP) is 19.2. The van der Waals surface area contributed by atoms with Gasteiger partial charge in [-0.2, -0.15) is 30.7 Å². The zero-order valence-electron chi connectivity index (χ0n) is 42.3. The van der Waals surface area contributed by atoms with Crippen molar-refractivity contribution in [3.8, 4) is 0 Å². The molecule has 0 saturated carbocycles. The first-order valence-electron chi connectivity index (χ1n) is 24.1. The van der Waals surface area contributed by atoms with Crippen LogP contribution in [0.5, 0.6) is 0 Å². The molecule has 4 N–H and O–H groups in total. The van der Waals surface area contributed by atoms with Gasteiger partial charge in [0.1, 0.15) is 0 Å². The fourth-order valence-corrected chi connectivity index (χ4v) is 8.29. The fraction of sp³-hybridized carbons (Fsp3) is 0.125. The zero-order chi connectivity index (χ0) is 50.7. The molecule has 0 spiro atoms. The van der Waals surface area contributed by atoms with E-state index < -0.39 is 0 Å². The molecule has 8 nitrogen and oxygen atoms in total. The van der Waals surface area contributed by atoms with E-state index in [1.165, 1.54) is 0 Å². The Labute approximate surface area is 424 Å². The lowest BCUT2D eigenvalue weighted by atomic mass is 10.0. The van der Waals surface area contributed by atoms with Crippen molar-refractivity contribution in [3.05, 3.63) is 235 Å². The van der Waals surface area contributed by atoms with Gasteiger partial charge in [0.15, 0.2) is 0 Å². The van der Waals surface area contributed by atoms with Gasteiger partial charge in [-0.25, -0.2) is 0 Å². The summed E-state index contributed by atoms with van der Waals surface area (Å²) in [6.45, 7) is 16.7. The topological polar surface area (TPSA) is 126 Å². The number of rotatable bonds is 14. The number of nitrogens with two attached hydrogens (primary N) is 2. The van der Waals surface area contributed by atoms with Gasteiger partial charge in [0.05, 0.1) is 34.1 Å². The van der Waals surface area contributed by atoms with Crippen molar-refractivity contribution < 1.29 is 0 Å². The third kappa shape index (κ3) is 13.0. The van der Waals surface area contributed by atoms with Gasteiger partial charge in [0.25, 0.3) is 0 Å². The van der Waals surface area contributed by atoms with E-state index in [1.807, 2.05) is 72.8 Å². The third-order valence-corrected chi connectivity index (χ3v) is 12.7. The second-order valence-corrected chi connectivity index (χ2v) is 18.4. The smallest absolute Gasteiger partial charge is 0.0860 e. The molecule has 0 aliphatic heterocycles. The highest BCUT2D eigenvalue weighted by Crippen LogP contribution is 2.30. The second kappa shape index (κ2) is 22.7. The van der Waals surface area contributed by atoms with Gasteiger partial charge in [-0.1, -0.05) is 97.1 Å². The van der Waals surface area contributed by atoms with Crippen LogP contribution in [0.2, 0.25) is 0 Å². The quantitative estimate of drug-likeness (QED) is 0.0640. The Morgan fingerprint density at radius 3 is 0.528 bits per heavy atom. The van der Waals surface area contributed by atoms with E-state index in [-0.39, 0.29) is 0 Å². The second-order valence-electron chi connectivity index (χ2n) is 18.4. The molecule has 8 rings (SSSR count). The van der Waals surface area contributed by atoms with Crippen molar-refractivity contribution >= 4 is 94.1 Å². The van der Waals surface area contributed by atoms with Crippen LogP contribution in [0.1, 0.15) is 89.0 Å². The Bertz CT molecular complexity index is 3300. The summed E-state index contributed by atoms with van der Waals surface area (Å²) < 4.78 is 0. The normalized spacial score (nSPS) is 12.2. The molecule has 8 aromatic carbocycles. The molecule has 72 heavy (non-hydrogen) atoms. The molecule has 8 heteroatoms. The summed E-state index contributed by atoms with van der Waals surface area (Å²) in [6.07, 6.45) is 17.0. The Hall–Kier alpha value is -8.88. The number of anilines is 2. The number of nitrogens with zero attached hydrogens (tertiary/aromatic N) is 6. The Morgan fingerprint density at radius 2 is 0.375 bits per heavy atom. The molecule has 0 bridgehead atoms. The van der Waals surface area contributed by atoms with Crippen LogP contribution in [0.15, 0.2) is 176 Å². The van der Waals surface area contributed by atoms with Crippen LogP contribution in [-0.2, 0) is 0 Å². The molecule has 0 aliphatic rings. The highest BCUT2D eigenvalue weighted by atomic mass is 15.1. The average Bonchev–Trinajstić information content (AvgIpc) is 3.35. The molecule has 0 atom stereocenters. The van der Waals surface area contributed by atoms with Crippen LogP contribution in [0.25, 0.3) is 48.6 Å². The summed E-state index contributed by atoms with van der Waals surface area (Å²) in [6, 6.07) is 48.7. The number of hydrogen-bond acceptors (Lipinski definition) is 8. The van der Waals surface area contributed by atoms with E-state index in [0.717, 1.165) is 135 Å². The lowest BCUT2D eigenvalue weighted by molar-refractivity contribution is 1.21.